The molecule has 1 unspecified atom stereocenters. The van der Waals surface area contributed by atoms with Gasteiger partial charge in [0.25, 0.3) is 0 Å². The van der Waals surface area contributed by atoms with Crippen molar-refractivity contribution in [2.75, 3.05) is 20.1 Å². The summed E-state index contributed by atoms with van der Waals surface area (Å²) in [5.74, 6) is -0.781. The van der Waals surface area contributed by atoms with Crippen LogP contribution in [0.4, 0.5) is 0 Å². The molecule has 0 amide bonds. The summed E-state index contributed by atoms with van der Waals surface area (Å²) in [4.78, 5) is 14.8. The number of carbonyl (C=O) groups excluding carboxylic acids is 1. The lowest BCUT2D eigenvalue weighted by Gasteiger charge is -2.34. The van der Waals surface area contributed by atoms with E-state index in [-0.39, 0.29) is 12.0 Å². The van der Waals surface area contributed by atoms with Crippen LogP contribution in [-0.2, 0) is 15.1 Å². The van der Waals surface area contributed by atoms with Crippen LogP contribution in [0.15, 0.2) is 30.3 Å². The van der Waals surface area contributed by atoms with E-state index in [0.29, 0.717) is 5.56 Å². The lowest BCUT2D eigenvalue weighted by molar-refractivity contribution is -0.180. The Morgan fingerprint density at radius 3 is 2.38 bits per heavy atom. The van der Waals surface area contributed by atoms with Gasteiger partial charge >= 0.3 is 5.97 Å². The Labute approximate surface area is 126 Å². The van der Waals surface area contributed by atoms with Crippen molar-refractivity contribution in [1.82, 2.24) is 4.90 Å². The Bertz CT molecular complexity index is 466. The van der Waals surface area contributed by atoms with E-state index >= 15 is 0 Å². The lowest BCUT2D eigenvalue weighted by atomic mass is 9.83. The SMILES string of the molecule is CC(C)C(O)(C(=O)OC1CCN(C)CC1)c1ccccc1. The smallest absolute Gasteiger partial charge is 0.343 e. The van der Waals surface area contributed by atoms with Gasteiger partial charge in [-0.1, -0.05) is 44.2 Å². The molecule has 1 aromatic carbocycles. The molecule has 0 aliphatic carbocycles. The molecule has 0 saturated carbocycles. The van der Waals surface area contributed by atoms with E-state index in [1.807, 2.05) is 32.0 Å². The normalized spacial score (nSPS) is 20.2. The fourth-order valence-electron chi connectivity index (χ4n) is 2.72. The second kappa shape index (κ2) is 6.58. The molecule has 1 fully saturated rings. The third kappa shape index (κ3) is 3.44. The van der Waals surface area contributed by atoms with E-state index in [2.05, 4.69) is 11.9 Å². The van der Waals surface area contributed by atoms with Crippen molar-refractivity contribution in [2.24, 2.45) is 5.92 Å². The van der Waals surface area contributed by atoms with Crippen LogP contribution in [-0.4, -0.2) is 42.2 Å². The van der Waals surface area contributed by atoms with Crippen LogP contribution in [0, 0.1) is 5.92 Å². The van der Waals surface area contributed by atoms with Crippen LogP contribution in [0.5, 0.6) is 0 Å². The number of likely N-dealkylation sites (tertiary alicyclic amines) is 1. The van der Waals surface area contributed by atoms with Gasteiger partial charge < -0.3 is 14.7 Å². The number of hydrogen-bond donors (Lipinski definition) is 1. The molecular formula is C17H25NO3. The summed E-state index contributed by atoms with van der Waals surface area (Å²) in [6.07, 6.45) is 1.55. The molecule has 1 aromatic rings. The molecule has 4 heteroatoms. The molecule has 2 rings (SSSR count). The first-order valence-electron chi connectivity index (χ1n) is 7.62. The largest absolute Gasteiger partial charge is 0.460 e. The minimum atomic E-state index is -1.58. The molecule has 1 heterocycles. The van der Waals surface area contributed by atoms with Gasteiger partial charge in [-0.3, -0.25) is 0 Å². The zero-order valence-corrected chi connectivity index (χ0v) is 13.1. The van der Waals surface area contributed by atoms with Crippen molar-refractivity contribution in [2.45, 2.75) is 38.4 Å². The molecule has 1 aliphatic rings. The van der Waals surface area contributed by atoms with E-state index < -0.39 is 11.6 Å². The van der Waals surface area contributed by atoms with Gasteiger partial charge in [0.15, 0.2) is 5.60 Å². The van der Waals surface area contributed by atoms with Gasteiger partial charge in [-0.15, -0.1) is 0 Å². The molecule has 21 heavy (non-hydrogen) atoms. The highest BCUT2D eigenvalue weighted by atomic mass is 16.6. The topological polar surface area (TPSA) is 49.8 Å². The van der Waals surface area contributed by atoms with Gasteiger partial charge in [0.05, 0.1) is 0 Å². The van der Waals surface area contributed by atoms with Crippen LogP contribution >= 0.6 is 0 Å². The van der Waals surface area contributed by atoms with Crippen molar-refractivity contribution in [3.63, 3.8) is 0 Å². The van der Waals surface area contributed by atoms with Gasteiger partial charge in [0, 0.05) is 13.1 Å². The number of rotatable bonds is 4. The van der Waals surface area contributed by atoms with E-state index in [9.17, 15) is 9.90 Å². The first kappa shape index (κ1) is 16.0. The predicted molar refractivity (Wildman–Crippen MR) is 81.8 cm³/mol. The number of esters is 1. The Hall–Kier alpha value is -1.39. The number of nitrogens with zero attached hydrogens (tertiary/aromatic N) is 1. The Morgan fingerprint density at radius 1 is 1.29 bits per heavy atom. The number of ether oxygens (including phenoxy) is 1. The summed E-state index contributed by atoms with van der Waals surface area (Å²) in [6.45, 7) is 5.51. The monoisotopic (exact) mass is 291 g/mol. The average Bonchev–Trinajstić information content (AvgIpc) is 2.49. The van der Waals surface area contributed by atoms with Crippen LogP contribution in [0.25, 0.3) is 0 Å². The molecule has 1 aliphatic heterocycles. The maximum absolute atomic E-state index is 12.6. The van der Waals surface area contributed by atoms with Crippen molar-refractivity contribution in [1.29, 1.82) is 0 Å². The quantitative estimate of drug-likeness (QED) is 0.864. The highest BCUT2D eigenvalue weighted by Crippen LogP contribution is 2.32. The number of hydrogen-bond acceptors (Lipinski definition) is 4. The summed E-state index contributed by atoms with van der Waals surface area (Å²) in [5.41, 5.74) is -0.983. The van der Waals surface area contributed by atoms with Gasteiger partial charge in [-0.25, -0.2) is 4.79 Å². The number of aliphatic hydroxyl groups is 1. The molecule has 4 nitrogen and oxygen atoms in total. The van der Waals surface area contributed by atoms with Gasteiger partial charge in [0.2, 0.25) is 0 Å². The molecule has 0 spiro atoms. The van der Waals surface area contributed by atoms with E-state index in [4.69, 9.17) is 4.74 Å². The standard InChI is InChI=1S/C17H25NO3/c1-13(2)17(20,14-7-5-4-6-8-14)16(19)21-15-9-11-18(3)12-10-15/h4-8,13,15,20H,9-12H2,1-3H3. The number of carbonyl (C=O) groups is 1. The minimum Gasteiger partial charge on any atom is -0.460 e. The molecule has 0 radical (unpaired) electrons. The Kier molecular flexibility index (Phi) is 5.01. The van der Waals surface area contributed by atoms with Crippen LogP contribution < -0.4 is 0 Å². The van der Waals surface area contributed by atoms with Gasteiger partial charge in [-0.05, 0) is 31.4 Å². The Morgan fingerprint density at radius 2 is 1.86 bits per heavy atom. The van der Waals surface area contributed by atoms with Crippen LogP contribution in [0.2, 0.25) is 0 Å². The van der Waals surface area contributed by atoms with Crippen LogP contribution in [0.3, 0.4) is 0 Å². The zero-order chi connectivity index (χ0) is 15.5. The molecule has 1 N–H and O–H groups in total. The highest BCUT2D eigenvalue weighted by Gasteiger charge is 2.43. The number of piperidine rings is 1. The summed E-state index contributed by atoms with van der Waals surface area (Å²) >= 11 is 0. The third-order valence-electron chi connectivity index (χ3n) is 4.30. The average molecular weight is 291 g/mol. The third-order valence-corrected chi connectivity index (χ3v) is 4.30. The maximum Gasteiger partial charge on any atom is 0.343 e. The second-order valence-electron chi connectivity index (χ2n) is 6.20. The fraction of sp³-hybridized carbons (Fsp3) is 0.588. The van der Waals surface area contributed by atoms with Crippen molar-refractivity contribution < 1.29 is 14.6 Å². The lowest BCUT2D eigenvalue weighted by Crippen LogP contribution is -2.45. The predicted octanol–water partition coefficient (Wildman–Crippen LogP) is 2.17. The van der Waals surface area contributed by atoms with E-state index in [1.165, 1.54) is 0 Å². The van der Waals surface area contributed by atoms with Crippen LogP contribution in [0.1, 0.15) is 32.3 Å². The molecule has 116 valence electrons. The van der Waals surface area contributed by atoms with Gasteiger partial charge in [0.1, 0.15) is 6.10 Å². The molecule has 1 saturated heterocycles. The summed E-state index contributed by atoms with van der Waals surface area (Å²) in [5, 5.41) is 10.9. The van der Waals surface area contributed by atoms with Gasteiger partial charge in [-0.2, -0.15) is 0 Å². The minimum absolute atomic E-state index is 0.0947. The fourth-order valence-corrected chi connectivity index (χ4v) is 2.72. The molecule has 0 aromatic heterocycles. The van der Waals surface area contributed by atoms with E-state index in [1.54, 1.807) is 12.1 Å². The summed E-state index contributed by atoms with van der Waals surface area (Å²) in [7, 11) is 2.06. The Balaban J connectivity index is 2.13. The maximum atomic E-state index is 12.6. The molecule has 0 bridgehead atoms. The van der Waals surface area contributed by atoms with Crippen molar-refractivity contribution >= 4 is 5.97 Å². The van der Waals surface area contributed by atoms with E-state index in [0.717, 1.165) is 25.9 Å². The first-order chi connectivity index (χ1) is 9.94. The summed E-state index contributed by atoms with van der Waals surface area (Å²) < 4.78 is 5.60. The second-order valence-corrected chi connectivity index (χ2v) is 6.20. The van der Waals surface area contributed by atoms with Crippen molar-refractivity contribution in [3.05, 3.63) is 35.9 Å². The highest BCUT2D eigenvalue weighted by molar-refractivity contribution is 5.81. The van der Waals surface area contributed by atoms with Crippen molar-refractivity contribution in [3.8, 4) is 0 Å². The molecular weight excluding hydrogens is 266 g/mol. The number of benzene rings is 1. The zero-order valence-electron chi connectivity index (χ0n) is 13.1. The summed E-state index contributed by atoms with van der Waals surface area (Å²) in [6, 6.07) is 9.06. The first-order valence-corrected chi connectivity index (χ1v) is 7.62. The molecule has 1 atom stereocenters.